The van der Waals surface area contributed by atoms with E-state index in [1.54, 1.807) is 24.3 Å². The first-order valence-electron chi connectivity index (χ1n) is 19.0. The number of hydrogen-bond donors (Lipinski definition) is 2. The predicted octanol–water partition coefficient (Wildman–Crippen LogP) is 11.2. The summed E-state index contributed by atoms with van der Waals surface area (Å²) in [7, 11) is 0. The van der Waals surface area contributed by atoms with Gasteiger partial charge in [-0.15, -0.1) is 0 Å². The molecule has 2 aliphatic carbocycles. The molecule has 0 saturated heterocycles. The molecule has 0 aromatic heterocycles. The van der Waals surface area contributed by atoms with Crippen LogP contribution >= 0.6 is 0 Å². The fourth-order valence-electron chi connectivity index (χ4n) is 7.32. The average Bonchev–Trinajstić information content (AvgIpc) is 3.86. The van der Waals surface area contributed by atoms with Crippen molar-refractivity contribution in [3.8, 4) is 0 Å². The second kappa shape index (κ2) is 20.7. The molecular weight excluding hydrogens is 688 g/mol. The number of allylic oxidation sites excluding steroid dienone is 8. The number of nitrogens with one attached hydrogen (secondary N) is 2. The summed E-state index contributed by atoms with van der Waals surface area (Å²) in [5.41, 5.74) is -0.431. The van der Waals surface area contributed by atoms with E-state index >= 15 is 17.6 Å². The SMILES string of the molecule is CCCCCCCCCC(=O)Nc1ccc(F)[c]([Ti]([C]2=CC=CC2)([C]2=CC=CC2)[c]2c(F)ccc(NC(=O)CCCCCCCCC)c2F)c1F. The van der Waals surface area contributed by atoms with E-state index < -0.39 is 59.4 Å². The minimum atomic E-state index is -5.12. The molecule has 0 spiro atoms. The van der Waals surface area contributed by atoms with Crippen LogP contribution in [-0.2, 0) is 26.2 Å². The van der Waals surface area contributed by atoms with Crippen molar-refractivity contribution in [2.24, 2.45) is 0 Å². The van der Waals surface area contributed by atoms with Crippen molar-refractivity contribution in [3.05, 3.63) is 91.7 Å². The van der Waals surface area contributed by atoms with Crippen molar-refractivity contribution in [1.82, 2.24) is 0 Å². The average molecular weight is 743 g/mol. The fraction of sp³-hybridized carbons (Fsp3) is 0.476. The van der Waals surface area contributed by atoms with Gasteiger partial charge in [0, 0.05) is 0 Å². The van der Waals surface area contributed by atoms with Gasteiger partial charge in [-0.3, -0.25) is 0 Å². The van der Waals surface area contributed by atoms with E-state index in [9.17, 15) is 9.59 Å². The first-order chi connectivity index (χ1) is 24.7. The Bertz CT molecular complexity index is 1510. The molecule has 2 aromatic rings. The number of anilines is 2. The molecule has 2 aromatic carbocycles. The van der Waals surface area contributed by atoms with Gasteiger partial charge >= 0.3 is 280 Å². The standard InChI is InChI=1S/2C16H22F2NO.2C5H5.Ti/c2*1-2-3-4-5-6-7-8-9-16(20)19-15-11-10-13(17)12-14(15)18;2*1-2-4-5-3-1;/h2*10-11H,2-9H2,1H3,(H,19,20);2*1-3H,4H2;. The molecule has 9 heteroatoms. The number of unbranched alkanes of at least 4 members (excludes halogenated alkanes) is 12. The maximum absolute atomic E-state index is 17.0. The molecule has 2 amide bonds. The molecule has 0 aliphatic heterocycles. The Morgan fingerprint density at radius 3 is 1.29 bits per heavy atom. The topological polar surface area (TPSA) is 58.2 Å². The molecular formula is C42H54F4N2O2Ti. The summed E-state index contributed by atoms with van der Waals surface area (Å²) < 4.78 is 67.0. The summed E-state index contributed by atoms with van der Waals surface area (Å²) in [4.78, 5) is 26.0. The third-order valence-electron chi connectivity index (χ3n) is 10.0. The number of amides is 2. The summed E-state index contributed by atoms with van der Waals surface area (Å²) in [6.45, 7) is 4.31. The van der Waals surface area contributed by atoms with E-state index in [4.69, 9.17) is 0 Å². The third kappa shape index (κ3) is 10.4. The van der Waals surface area contributed by atoms with Crippen LogP contribution in [0.3, 0.4) is 0 Å². The zero-order valence-corrected chi connectivity index (χ0v) is 31.9. The Morgan fingerprint density at radius 1 is 0.569 bits per heavy atom. The van der Waals surface area contributed by atoms with Gasteiger partial charge in [0.25, 0.3) is 0 Å². The number of benzene rings is 2. The van der Waals surface area contributed by atoms with E-state index in [1.807, 2.05) is 12.2 Å². The molecule has 0 heterocycles. The van der Waals surface area contributed by atoms with Crippen LogP contribution in [0, 0.1) is 23.3 Å². The van der Waals surface area contributed by atoms with Gasteiger partial charge in [0.05, 0.1) is 0 Å². The van der Waals surface area contributed by atoms with Crippen molar-refractivity contribution < 1.29 is 43.7 Å². The van der Waals surface area contributed by atoms with Crippen LogP contribution in [0.25, 0.3) is 0 Å². The second-order valence-electron chi connectivity index (χ2n) is 13.8. The second-order valence-corrected chi connectivity index (χ2v) is 19.7. The monoisotopic (exact) mass is 742 g/mol. The number of carbonyl (C=O) groups excluding carboxylic acids is 2. The number of carbonyl (C=O) groups is 2. The van der Waals surface area contributed by atoms with Crippen LogP contribution in [0.5, 0.6) is 0 Å². The Hall–Kier alpha value is -3.23. The van der Waals surface area contributed by atoms with Gasteiger partial charge < -0.3 is 0 Å². The van der Waals surface area contributed by atoms with Gasteiger partial charge in [-0.2, -0.15) is 0 Å². The maximum atomic E-state index is 17.0. The zero-order valence-electron chi connectivity index (χ0n) is 30.3. The number of rotatable bonds is 22. The number of halogens is 4. The Labute approximate surface area is 305 Å². The molecule has 51 heavy (non-hydrogen) atoms. The van der Waals surface area contributed by atoms with Gasteiger partial charge in [0.2, 0.25) is 0 Å². The molecule has 0 fully saturated rings. The van der Waals surface area contributed by atoms with Crippen molar-refractivity contribution in [2.75, 3.05) is 10.6 Å². The predicted molar refractivity (Wildman–Crippen MR) is 198 cm³/mol. The summed E-state index contributed by atoms with van der Waals surface area (Å²) >= 11 is -5.12. The first-order valence-corrected chi connectivity index (χ1v) is 22.2. The molecule has 0 bridgehead atoms. The molecule has 4 rings (SSSR count). The molecule has 0 unspecified atom stereocenters. The van der Waals surface area contributed by atoms with Gasteiger partial charge in [-0.05, 0) is 0 Å². The Kier molecular flexibility index (Phi) is 16.5. The van der Waals surface area contributed by atoms with E-state index in [0.29, 0.717) is 20.6 Å². The van der Waals surface area contributed by atoms with Gasteiger partial charge in [0.1, 0.15) is 0 Å². The summed E-state index contributed by atoms with van der Waals surface area (Å²) in [6.07, 6.45) is 25.7. The van der Waals surface area contributed by atoms with Crippen LogP contribution < -0.4 is 18.4 Å². The van der Waals surface area contributed by atoms with Gasteiger partial charge in [-0.25, -0.2) is 0 Å². The van der Waals surface area contributed by atoms with E-state index in [1.165, 1.54) is 25.0 Å². The van der Waals surface area contributed by atoms with E-state index in [-0.39, 0.29) is 37.1 Å². The normalized spacial score (nSPS) is 13.8. The molecule has 4 nitrogen and oxygen atoms in total. The van der Waals surface area contributed by atoms with Crippen molar-refractivity contribution in [1.29, 1.82) is 0 Å². The van der Waals surface area contributed by atoms with Crippen molar-refractivity contribution in [2.45, 2.75) is 129 Å². The Morgan fingerprint density at radius 2 is 0.941 bits per heavy atom. The fourth-order valence-corrected chi connectivity index (χ4v) is 15.6. The van der Waals surface area contributed by atoms with E-state index in [2.05, 4.69) is 24.5 Å². The van der Waals surface area contributed by atoms with Crippen LogP contribution in [-0.4, -0.2) is 11.8 Å². The first kappa shape index (κ1) is 40.5. The number of hydrogen-bond acceptors (Lipinski definition) is 2. The van der Waals surface area contributed by atoms with Gasteiger partial charge in [-0.1, -0.05) is 26.7 Å². The van der Waals surface area contributed by atoms with Gasteiger partial charge in [0.15, 0.2) is 0 Å². The van der Waals surface area contributed by atoms with Crippen LogP contribution in [0.4, 0.5) is 28.9 Å². The quantitative estimate of drug-likeness (QED) is 0.0717. The summed E-state index contributed by atoms with van der Waals surface area (Å²) in [5, 5.41) is 5.27. The summed E-state index contributed by atoms with van der Waals surface area (Å²) in [5.74, 6) is -4.68. The summed E-state index contributed by atoms with van der Waals surface area (Å²) in [6, 6.07) is 4.52. The van der Waals surface area contributed by atoms with Crippen LogP contribution in [0.2, 0.25) is 0 Å². The van der Waals surface area contributed by atoms with Crippen LogP contribution in [0.15, 0.2) is 68.5 Å². The molecule has 276 valence electrons. The molecule has 0 saturated carbocycles. The van der Waals surface area contributed by atoms with E-state index in [0.717, 1.165) is 76.3 Å². The molecule has 0 radical (unpaired) electrons. The molecule has 2 N–H and O–H groups in total. The zero-order chi connectivity index (χ0) is 36.6. The van der Waals surface area contributed by atoms with Crippen molar-refractivity contribution in [3.63, 3.8) is 0 Å². The third-order valence-corrected chi connectivity index (χ3v) is 17.9. The van der Waals surface area contributed by atoms with Crippen molar-refractivity contribution >= 4 is 30.9 Å². The minimum absolute atomic E-state index is 0.181. The van der Waals surface area contributed by atoms with Crippen LogP contribution in [0.1, 0.15) is 129 Å². The molecule has 0 atom stereocenters. The Balaban J connectivity index is 1.68. The molecule has 2 aliphatic rings.